The molecule has 0 saturated carbocycles. The number of hydrogen-bond donors (Lipinski definition) is 2. The number of ether oxygens (including phenoxy) is 2. The number of hydrogen-bond acceptors (Lipinski definition) is 4. The molecule has 0 radical (unpaired) electrons. The Morgan fingerprint density at radius 2 is 2.07 bits per heavy atom. The topological polar surface area (TPSA) is 56.5 Å². The third-order valence-electron chi connectivity index (χ3n) is 2.37. The van der Waals surface area contributed by atoms with Crippen LogP contribution in [0.4, 0.5) is 0 Å². The van der Waals surface area contributed by atoms with E-state index in [4.69, 9.17) is 15.3 Å². The van der Waals surface area contributed by atoms with Gasteiger partial charge in [-0.05, 0) is 12.3 Å². The maximum absolute atomic E-state index is 5.43. The van der Waals surface area contributed by atoms with Crippen LogP contribution in [0.5, 0.6) is 0 Å². The zero-order chi connectivity index (χ0) is 10.8. The maximum Gasteiger partial charge on any atom is 0.0701 e. The fraction of sp³-hybridized carbons (Fsp3) is 1.00. The first kappa shape index (κ1) is 13.8. The fourth-order valence-electron chi connectivity index (χ4n) is 1.20. The van der Waals surface area contributed by atoms with Gasteiger partial charge in [-0.3, -0.25) is 11.3 Å². The van der Waals surface area contributed by atoms with Crippen LogP contribution in [0.3, 0.4) is 0 Å². The summed E-state index contributed by atoms with van der Waals surface area (Å²) >= 11 is 0. The Morgan fingerprint density at radius 1 is 1.36 bits per heavy atom. The summed E-state index contributed by atoms with van der Waals surface area (Å²) in [7, 11) is 1.67. The highest BCUT2D eigenvalue weighted by Gasteiger charge is 2.10. The van der Waals surface area contributed by atoms with Crippen LogP contribution in [0.2, 0.25) is 0 Å². The van der Waals surface area contributed by atoms with Crippen LogP contribution in [0.1, 0.15) is 26.7 Å². The number of nitrogens with one attached hydrogen (secondary N) is 1. The molecule has 2 atom stereocenters. The van der Waals surface area contributed by atoms with E-state index >= 15 is 0 Å². The van der Waals surface area contributed by atoms with Crippen LogP contribution >= 0.6 is 0 Å². The molecule has 0 aromatic carbocycles. The average molecular weight is 204 g/mol. The predicted octanol–water partition coefficient (Wildman–Crippen LogP) is 0.918. The zero-order valence-electron chi connectivity index (χ0n) is 9.58. The summed E-state index contributed by atoms with van der Waals surface area (Å²) in [5.74, 6) is 6.11. The summed E-state index contributed by atoms with van der Waals surface area (Å²) in [6.45, 7) is 6.34. The summed E-state index contributed by atoms with van der Waals surface area (Å²) in [4.78, 5) is 0. The third-order valence-corrected chi connectivity index (χ3v) is 2.37. The minimum Gasteiger partial charge on any atom is -0.382 e. The van der Waals surface area contributed by atoms with E-state index in [1.807, 2.05) is 0 Å². The first-order valence-corrected chi connectivity index (χ1v) is 5.27. The van der Waals surface area contributed by atoms with E-state index in [0.717, 1.165) is 6.42 Å². The minimum absolute atomic E-state index is 0.252. The van der Waals surface area contributed by atoms with Crippen molar-refractivity contribution in [2.45, 2.75) is 32.7 Å². The number of rotatable bonds is 9. The molecule has 0 bridgehead atoms. The van der Waals surface area contributed by atoms with Crippen molar-refractivity contribution in [3.8, 4) is 0 Å². The van der Waals surface area contributed by atoms with Crippen LogP contribution in [0.25, 0.3) is 0 Å². The SMILES string of the molecule is CCC(C)CC(COCCOC)NN. The van der Waals surface area contributed by atoms with E-state index < -0.39 is 0 Å². The predicted molar refractivity (Wildman–Crippen MR) is 57.9 cm³/mol. The molecule has 0 fully saturated rings. The van der Waals surface area contributed by atoms with Crippen molar-refractivity contribution in [3.05, 3.63) is 0 Å². The van der Waals surface area contributed by atoms with Crippen LogP contribution in [0.15, 0.2) is 0 Å². The van der Waals surface area contributed by atoms with Gasteiger partial charge in [-0.25, -0.2) is 0 Å². The Labute approximate surface area is 87.1 Å². The van der Waals surface area contributed by atoms with Gasteiger partial charge in [-0.15, -0.1) is 0 Å². The highest BCUT2D eigenvalue weighted by Crippen LogP contribution is 2.09. The summed E-state index contributed by atoms with van der Waals surface area (Å²) in [6, 6.07) is 0.252. The average Bonchev–Trinajstić information content (AvgIpc) is 2.22. The summed E-state index contributed by atoms with van der Waals surface area (Å²) in [5, 5.41) is 0. The molecule has 0 aliphatic carbocycles. The Morgan fingerprint density at radius 3 is 2.57 bits per heavy atom. The lowest BCUT2D eigenvalue weighted by Gasteiger charge is -2.19. The molecule has 0 aromatic rings. The highest BCUT2D eigenvalue weighted by atomic mass is 16.5. The Hall–Kier alpha value is -0.160. The van der Waals surface area contributed by atoms with Crippen molar-refractivity contribution >= 4 is 0 Å². The molecule has 0 aliphatic heterocycles. The van der Waals surface area contributed by atoms with Crippen LogP contribution in [-0.2, 0) is 9.47 Å². The van der Waals surface area contributed by atoms with Crippen molar-refractivity contribution in [1.29, 1.82) is 0 Å². The molecular weight excluding hydrogens is 180 g/mol. The van der Waals surface area contributed by atoms with Gasteiger partial charge in [0, 0.05) is 13.2 Å². The fourth-order valence-corrected chi connectivity index (χ4v) is 1.20. The third kappa shape index (κ3) is 7.26. The molecule has 0 rings (SSSR count). The molecule has 0 heterocycles. The van der Waals surface area contributed by atoms with Crippen LogP contribution in [0, 0.1) is 5.92 Å². The number of methoxy groups -OCH3 is 1. The lowest BCUT2D eigenvalue weighted by atomic mass is 10.0. The second-order valence-corrected chi connectivity index (χ2v) is 3.68. The van der Waals surface area contributed by atoms with Crippen LogP contribution < -0.4 is 11.3 Å². The number of nitrogens with two attached hydrogens (primary N) is 1. The molecule has 86 valence electrons. The van der Waals surface area contributed by atoms with E-state index in [2.05, 4.69) is 19.3 Å². The van der Waals surface area contributed by atoms with Crippen molar-refractivity contribution in [2.24, 2.45) is 11.8 Å². The second-order valence-electron chi connectivity index (χ2n) is 3.68. The first-order valence-electron chi connectivity index (χ1n) is 5.27. The van der Waals surface area contributed by atoms with Gasteiger partial charge < -0.3 is 9.47 Å². The molecule has 3 N–H and O–H groups in total. The molecule has 14 heavy (non-hydrogen) atoms. The molecular formula is C10H24N2O2. The van der Waals surface area contributed by atoms with E-state index in [0.29, 0.717) is 25.7 Å². The molecule has 0 aromatic heterocycles. The quantitative estimate of drug-likeness (QED) is 0.333. The molecule has 0 spiro atoms. The van der Waals surface area contributed by atoms with E-state index in [-0.39, 0.29) is 6.04 Å². The summed E-state index contributed by atoms with van der Waals surface area (Å²) in [6.07, 6.45) is 2.23. The summed E-state index contributed by atoms with van der Waals surface area (Å²) < 4.78 is 10.3. The second kappa shape index (κ2) is 9.40. The number of hydrazine groups is 1. The van der Waals surface area contributed by atoms with Gasteiger partial charge in [0.2, 0.25) is 0 Å². The van der Waals surface area contributed by atoms with E-state index in [1.165, 1.54) is 6.42 Å². The Bertz CT molecular complexity index is 123. The molecule has 4 nitrogen and oxygen atoms in total. The molecule has 0 amide bonds. The Balaban J connectivity index is 3.47. The van der Waals surface area contributed by atoms with Gasteiger partial charge in [0.05, 0.1) is 19.8 Å². The van der Waals surface area contributed by atoms with Gasteiger partial charge in [0.1, 0.15) is 0 Å². The monoisotopic (exact) mass is 204 g/mol. The van der Waals surface area contributed by atoms with Crippen LogP contribution in [-0.4, -0.2) is 33.0 Å². The summed E-state index contributed by atoms with van der Waals surface area (Å²) in [5.41, 5.74) is 2.78. The van der Waals surface area contributed by atoms with Gasteiger partial charge in [0.25, 0.3) is 0 Å². The van der Waals surface area contributed by atoms with Gasteiger partial charge >= 0.3 is 0 Å². The van der Waals surface area contributed by atoms with Crippen molar-refractivity contribution in [2.75, 3.05) is 26.9 Å². The van der Waals surface area contributed by atoms with Gasteiger partial charge in [-0.1, -0.05) is 20.3 Å². The van der Waals surface area contributed by atoms with E-state index in [1.54, 1.807) is 7.11 Å². The molecule has 2 unspecified atom stereocenters. The molecule has 4 heteroatoms. The van der Waals surface area contributed by atoms with Gasteiger partial charge in [-0.2, -0.15) is 0 Å². The smallest absolute Gasteiger partial charge is 0.0701 e. The lowest BCUT2D eigenvalue weighted by molar-refractivity contribution is 0.0552. The van der Waals surface area contributed by atoms with E-state index in [9.17, 15) is 0 Å². The first-order chi connectivity index (χ1) is 6.74. The van der Waals surface area contributed by atoms with Crippen molar-refractivity contribution in [1.82, 2.24) is 5.43 Å². The minimum atomic E-state index is 0.252. The van der Waals surface area contributed by atoms with Gasteiger partial charge in [0.15, 0.2) is 0 Å². The molecule has 0 saturated heterocycles. The molecule has 0 aliphatic rings. The maximum atomic E-state index is 5.43. The largest absolute Gasteiger partial charge is 0.382 e. The zero-order valence-corrected chi connectivity index (χ0v) is 9.58. The van der Waals surface area contributed by atoms with Crippen molar-refractivity contribution in [3.63, 3.8) is 0 Å². The van der Waals surface area contributed by atoms with Crippen molar-refractivity contribution < 1.29 is 9.47 Å². The highest BCUT2D eigenvalue weighted by molar-refractivity contribution is 4.66. The normalized spacial score (nSPS) is 15.4. The lowest BCUT2D eigenvalue weighted by Crippen LogP contribution is -2.40. The Kier molecular flexibility index (Phi) is 9.29. The standard InChI is InChI=1S/C10H24N2O2/c1-4-9(2)7-10(12-11)8-14-6-5-13-3/h9-10,12H,4-8,11H2,1-3H3.